The Hall–Kier alpha value is -2.29. The number of halogens is 1. The Kier molecular flexibility index (Phi) is 8.99. The van der Waals surface area contributed by atoms with Crippen LogP contribution in [0.25, 0.3) is 0 Å². The van der Waals surface area contributed by atoms with Crippen molar-refractivity contribution in [2.24, 2.45) is 0 Å². The van der Waals surface area contributed by atoms with Crippen LogP contribution in [-0.2, 0) is 14.3 Å². The second-order valence-electron chi connectivity index (χ2n) is 8.39. The number of piperazine rings is 1. The van der Waals surface area contributed by atoms with Crippen LogP contribution in [0, 0.1) is 5.82 Å². The molecule has 31 heavy (non-hydrogen) atoms. The van der Waals surface area contributed by atoms with Crippen LogP contribution in [0.3, 0.4) is 0 Å². The molecular weight excluding hydrogens is 399 g/mol. The maximum Gasteiger partial charge on any atom is 0.281 e. The number of methoxy groups -OCH3 is 1. The van der Waals surface area contributed by atoms with E-state index in [9.17, 15) is 14.0 Å². The van der Waals surface area contributed by atoms with Crippen molar-refractivity contribution in [3.63, 3.8) is 0 Å². The Morgan fingerprint density at radius 3 is 2.52 bits per heavy atom. The standard InChI is InChI=1S/C23H33FN4O3/c1-31-15-14-28(21-8-3-2-4-9-21)23(30)18-27-12-10-26(11-13-27)17-22(29)25-20-7-5-6-19(24)16-20/h5-8,16H,2-4,9-15,17-18H2,1H3,(H,25,29)/p+2. The molecule has 7 nitrogen and oxygen atoms in total. The number of hydrogen-bond acceptors (Lipinski definition) is 3. The first-order chi connectivity index (χ1) is 15.0. The molecule has 1 aliphatic carbocycles. The lowest BCUT2D eigenvalue weighted by Gasteiger charge is -2.32. The molecule has 8 heteroatoms. The first-order valence-corrected chi connectivity index (χ1v) is 11.3. The lowest BCUT2D eigenvalue weighted by atomic mass is 10.0. The lowest BCUT2D eigenvalue weighted by Crippen LogP contribution is -3.28. The number of amides is 2. The van der Waals surface area contributed by atoms with Crippen molar-refractivity contribution in [1.82, 2.24) is 4.90 Å². The molecule has 1 aromatic rings. The van der Waals surface area contributed by atoms with Gasteiger partial charge in [0.2, 0.25) is 0 Å². The van der Waals surface area contributed by atoms with Crippen molar-refractivity contribution in [2.75, 3.05) is 64.8 Å². The molecule has 3 N–H and O–H groups in total. The molecule has 1 heterocycles. The van der Waals surface area contributed by atoms with E-state index in [1.54, 1.807) is 19.2 Å². The monoisotopic (exact) mass is 434 g/mol. The van der Waals surface area contributed by atoms with Gasteiger partial charge in [0, 0.05) is 25.0 Å². The highest BCUT2D eigenvalue weighted by atomic mass is 19.1. The molecule has 1 aliphatic heterocycles. The van der Waals surface area contributed by atoms with Gasteiger partial charge in [0.1, 0.15) is 32.0 Å². The summed E-state index contributed by atoms with van der Waals surface area (Å²) < 4.78 is 18.5. The number of allylic oxidation sites excluding steroid dienone is 2. The highest BCUT2D eigenvalue weighted by Gasteiger charge is 2.29. The van der Waals surface area contributed by atoms with E-state index >= 15 is 0 Å². The zero-order valence-electron chi connectivity index (χ0n) is 18.4. The summed E-state index contributed by atoms with van der Waals surface area (Å²) in [7, 11) is 1.66. The predicted octanol–water partition coefficient (Wildman–Crippen LogP) is -0.519. The van der Waals surface area contributed by atoms with Crippen LogP contribution in [0.5, 0.6) is 0 Å². The van der Waals surface area contributed by atoms with E-state index in [0.717, 1.165) is 51.1 Å². The third-order valence-electron chi connectivity index (χ3n) is 6.02. The summed E-state index contributed by atoms with van der Waals surface area (Å²) in [5.41, 5.74) is 1.62. The molecule has 1 aromatic carbocycles. The van der Waals surface area contributed by atoms with Crippen LogP contribution < -0.4 is 15.1 Å². The Morgan fingerprint density at radius 2 is 1.87 bits per heavy atom. The van der Waals surface area contributed by atoms with Crippen LogP contribution in [0.15, 0.2) is 36.0 Å². The molecule has 170 valence electrons. The lowest BCUT2D eigenvalue weighted by molar-refractivity contribution is -1.00. The van der Waals surface area contributed by atoms with E-state index in [4.69, 9.17) is 4.74 Å². The summed E-state index contributed by atoms with van der Waals surface area (Å²) in [6.45, 7) is 5.34. The minimum atomic E-state index is -0.365. The molecule has 0 saturated carbocycles. The summed E-state index contributed by atoms with van der Waals surface area (Å²) in [4.78, 5) is 29.7. The van der Waals surface area contributed by atoms with E-state index in [0.29, 0.717) is 31.9 Å². The van der Waals surface area contributed by atoms with Crippen molar-refractivity contribution >= 4 is 17.5 Å². The van der Waals surface area contributed by atoms with Gasteiger partial charge in [0.25, 0.3) is 11.8 Å². The average molecular weight is 435 g/mol. The van der Waals surface area contributed by atoms with Crippen LogP contribution in [0.4, 0.5) is 10.1 Å². The summed E-state index contributed by atoms with van der Waals surface area (Å²) >= 11 is 0. The van der Waals surface area contributed by atoms with E-state index in [2.05, 4.69) is 11.4 Å². The highest BCUT2D eigenvalue weighted by molar-refractivity contribution is 5.91. The quantitative estimate of drug-likeness (QED) is 0.490. The summed E-state index contributed by atoms with van der Waals surface area (Å²) in [5, 5.41) is 2.76. The minimum Gasteiger partial charge on any atom is -0.383 e. The Morgan fingerprint density at radius 1 is 1.13 bits per heavy atom. The van der Waals surface area contributed by atoms with Gasteiger partial charge in [-0.1, -0.05) is 12.1 Å². The van der Waals surface area contributed by atoms with E-state index in [1.807, 2.05) is 4.90 Å². The molecule has 3 rings (SSSR count). The third-order valence-corrected chi connectivity index (χ3v) is 6.02. The third kappa shape index (κ3) is 7.41. The number of hydrogen-bond donors (Lipinski definition) is 3. The Labute approximate surface area is 183 Å². The zero-order valence-corrected chi connectivity index (χ0v) is 18.4. The smallest absolute Gasteiger partial charge is 0.281 e. The fraction of sp³-hybridized carbons (Fsp3) is 0.565. The normalized spacial score (nSPS) is 21.3. The molecule has 0 bridgehead atoms. The number of carbonyl (C=O) groups excluding carboxylic acids is 2. The summed E-state index contributed by atoms with van der Waals surface area (Å²) in [6.07, 6.45) is 6.53. The maximum atomic E-state index is 13.3. The zero-order chi connectivity index (χ0) is 22.1. The van der Waals surface area contributed by atoms with Gasteiger partial charge in [-0.05, 0) is 43.9 Å². The van der Waals surface area contributed by atoms with Gasteiger partial charge < -0.3 is 24.8 Å². The van der Waals surface area contributed by atoms with Crippen molar-refractivity contribution < 1.29 is 28.5 Å². The number of rotatable bonds is 9. The predicted molar refractivity (Wildman–Crippen MR) is 116 cm³/mol. The first-order valence-electron chi connectivity index (χ1n) is 11.3. The highest BCUT2D eigenvalue weighted by Crippen LogP contribution is 2.20. The second kappa shape index (κ2) is 11.9. The molecule has 0 spiro atoms. The molecule has 0 aromatic heterocycles. The molecule has 0 unspecified atom stereocenters. The number of anilines is 1. The molecule has 2 aliphatic rings. The number of nitrogens with one attached hydrogen (secondary N) is 3. The average Bonchev–Trinajstić information content (AvgIpc) is 2.76. The van der Waals surface area contributed by atoms with Gasteiger partial charge >= 0.3 is 0 Å². The van der Waals surface area contributed by atoms with E-state index in [1.165, 1.54) is 28.4 Å². The Bertz CT molecular complexity index is 778. The molecule has 1 saturated heterocycles. The van der Waals surface area contributed by atoms with Crippen molar-refractivity contribution in [3.8, 4) is 0 Å². The van der Waals surface area contributed by atoms with Crippen molar-refractivity contribution in [1.29, 1.82) is 0 Å². The Balaban J connectivity index is 1.44. The first kappa shape index (κ1) is 23.4. The largest absolute Gasteiger partial charge is 0.383 e. The van der Waals surface area contributed by atoms with Gasteiger partial charge in [-0.3, -0.25) is 9.59 Å². The SMILES string of the molecule is COCCN(C(=O)C[NH+]1CC[NH+](CC(=O)Nc2cccc(F)c2)CC1)C1=CCCCC1. The number of benzene rings is 1. The van der Waals surface area contributed by atoms with Crippen molar-refractivity contribution in [3.05, 3.63) is 41.9 Å². The van der Waals surface area contributed by atoms with Crippen LogP contribution in [0.2, 0.25) is 0 Å². The second-order valence-corrected chi connectivity index (χ2v) is 8.39. The fourth-order valence-electron chi connectivity index (χ4n) is 4.30. The van der Waals surface area contributed by atoms with Crippen LogP contribution >= 0.6 is 0 Å². The topological polar surface area (TPSA) is 67.5 Å². The molecule has 2 amide bonds. The number of nitrogens with zero attached hydrogens (tertiary/aromatic N) is 1. The van der Waals surface area contributed by atoms with E-state index in [-0.39, 0.29) is 17.6 Å². The van der Waals surface area contributed by atoms with Gasteiger partial charge in [-0.25, -0.2) is 4.39 Å². The number of quaternary nitrogens is 2. The fourth-order valence-corrected chi connectivity index (χ4v) is 4.30. The summed E-state index contributed by atoms with van der Waals surface area (Å²) in [5.74, 6) is -0.321. The minimum absolute atomic E-state index is 0.116. The molecular formula is C23H35FN4O3+2. The maximum absolute atomic E-state index is 13.3. The van der Waals surface area contributed by atoms with E-state index < -0.39 is 0 Å². The van der Waals surface area contributed by atoms with Gasteiger partial charge in [0.15, 0.2) is 13.1 Å². The summed E-state index contributed by atoms with van der Waals surface area (Å²) in [6, 6.07) is 5.93. The molecule has 1 fully saturated rings. The van der Waals surface area contributed by atoms with Crippen LogP contribution in [-0.4, -0.2) is 76.2 Å². The molecule has 0 radical (unpaired) electrons. The van der Waals surface area contributed by atoms with Crippen molar-refractivity contribution in [2.45, 2.75) is 25.7 Å². The van der Waals surface area contributed by atoms with Gasteiger partial charge in [-0.15, -0.1) is 0 Å². The molecule has 0 atom stereocenters. The number of carbonyl (C=O) groups is 2. The van der Waals surface area contributed by atoms with Gasteiger partial charge in [-0.2, -0.15) is 0 Å². The van der Waals surface area contributed by atoms with Crippen LogP contribution in [0.1, 0.15) is 25.7 Å². The van der Waals surface area contributed by atoms with Gasteiger partial charge in [0.05, 0.1) is 6.61 Å². The number of ether oxygens (including phenoxy) is 1.